The van der Waals surface area contributed by atoms with E-state index in [1.165, 1.54) is 51.4 Å². The fourth-order valence-electron chi connectivity index (χ4n) is 2.25. The van der Waals surface area contributed by atoms with Crippen molar-refractivity contribution in [2.24, 2.45) is 0 Å². The van der Waals surface area contributed by atoms with Gasteiger partial charge in [0.25, 0.3) is 0 Å². The van der Waals surface area contributed by atoms with Gasteiger partial charge in [0.2, 0.25) is 5.91 Å². The largest absolute Gasteiger partial charge is 0.355 e. The molecule has 0 aromatic heterocycles. The summed E-state index contributed by atoms with van der Waals surface area (Å²) < 4.78 is 0. The van der Waals surface area contributed by atoms with Crippen LogP contribution in [-0.2, 0) is 4.79 Å². The van der Waals surface area contributed by atoms with Gasteiger partial charge < -0.3 is 10.6 Å². The molecule has 0 rings (SSSR count). The van der Waals surface area contributed by atoms with Crippen LogP contribution < -0.4 is 10.6 Å². The molecule has 0 aliphatic heterocycles. The monoisotopic (exact) mass is 284 g/mol. The Morgan fingerprint density at radius 3 is 1.95 bits per heavy atom. The van der Waals surface area contributed by atoms with Gasteiger partial charge in [-0.25, -0.2) is 0 Å². The van der Waals surface area contributed by atoms with E-state index in [1.54, 1.807) is 0 Å². The first-order valence-electron chi connectivity index (χ1n) is 8.67. The van der Waals surface area contributed by atoms with Crippen molar-refractivity contribution >= 4 is 5.91 Å². The molecule has 0 unspecified atom stereocenters. The Kier molecular flexibility index (Phi) is 14.4. The third-order valence-electron chi connectivity index (χ3n) is 3.51. The number of hydrogen-bond donors (Lipinski definition) is 2. The summed E-state index contributed by atoms with van der Waals surface area (Å²) in [7, 11) is 0. The van der Waals surface area contributed by atoms with E-state index in [-0.39, 0.29) is 5.91 Å². The van der Waals surface area contributed by atoms with E-state index < -0.39 is 0 Å². The van der Waals surface area contributed by atoms with Crippen LogP contribution in [0.3, 0.4) is 0 Å². The Bertz CT molecular complexity index is 217. The lowest BCUT2D eigenvalue weighted by Crippen LogP contribution is -2.34. The van der Waals surface area contributed by atoms with Crippen molar-refractivity contribution in [3.05, 3.63) is 0 Å². The average Bonchev–Trinajstić information content (AvgIpc) is 2.41. The first-order chi connectivity index (χ1) is 9.66. The van der Waals surface area contributed by atoms with Crippen LogP contribution >= 0.6 is 0 Å². The van der Waals surface area contributed by atoms with Crippen LogP contribution in [0.5, 0.6) is 0 Å². The van der Waals surface area contributed by atoms with E-state index in [2.05, 4.69) is 31.4 Å². The number of hydrogen-bond acceptors (Lipinski definition) is 2. The summed E-state index contributed by atoms with van der Waals surface area (Å²) in [5.41, 5.74) is 0. The molecule has 0 heterocycles. The van der Waals surface area contributed by atoms with Crippen molar-refractivity contribution in [2.45, 2.75) is 91.0 Å². The second-order valence-electron chi connectivity index (χ2n) is 6.04. The highest BCUT2D eigenvalue weighted by molar-refractivity contribution is 5.75. The molecular formula is C17H36N2O. The summed E-state index contributed by atoms with van der Waals surface area (Å²) >= 11 is 0. The predicted octanol–water partition coefficient (Wildman–Crippen LogP) is 4.02. The van der Waals surface area contributed by atoms with Gasteiger partial charge in [-0.3, -0.25) is 4.79 Å². The molecule has 0 bridgehead atoms. The third kappa shape index (κ3) is 15.5. The highest BCUT2D eigenvalue weighted by Gasteiger charge is 2.00. The second-order valence-corrected chi connectivity index (χ2v) is 6.04. The summed E-state index contributed by atoms with van der Waals surface area (Å²) in [6.45, 7) is 8.09. The van der Waals surface area contributed by atoms with Crippen molar-refractivity contribution in [3.63, 3.8) is 0 Å². The van der Waals surface area contributed by atoms with Crippen molar-refractivity contribution in [1.29, 1.82) is 0 Å². The Morgan fingerprint density at radius 1 is 0.850 bits per heavy atom. The minimum atomic E-state index is 0.207. The quantitative estimate of drug-likeness (QED) is 0.473. The Morgan fingerprint density at radius 2 is 1.40 bits per heavy atom. The molecule has 0 spiro atoms. The minimum Gasteiger partial charge on any atom is -0.355 e. The SMILES string of the molecule is CCCCCCCCCCCC(=O)NCCNC(C)C. The van der Waals surface area contributed by atoms with E-state index in [4.69, 9.17) is 0 Å². The number of carbonyl (C=O) groups is 1. The van der Waals surface area contributed by atoms with Gasteiger partial charge in [-0.2, -0.15) is 0 Å². The molecule has 3 nitrogen and oxygen atoms in total. The van der Waals surface area contributed by atoms with Gasteiger partial charge in [-0.15, -0.1) is 0 Å². The lowest BCUT2D eigenvalue weighted by molar-refractivity contribution is -0.121. The minimum absolute atomic E-state index is 0.207. The maximum Gasteiger partial charge on any atom is 0.220 e. The molecule has 120 valence electrons. The zero-order valence-corrected chi connectivity index (χ0v) is 14.0. The molecule has 0 fully saturated rings. The van der Waals surface area contributed by atoms with Crippen LogP contribution in [0, 0.1) is 0 Å². The lowest BCUT2D eigenvalue weighted by Gasteiger charge is -2.09. The molecule has 0 aliphatic carbocycles. The van der Waals surface area contributed by atoms with E-state index >= 15 is 0 Å². The fourth-order valence-corrected chi connectivity index (χ4v) is 2.25. The summed E-state index contributed by atoms with van der Waals surface area (Å²) in [6.07, 6.45) is 12.4. The van der Waals surface area contributed by atoms with E-state index in [9.17, 15) is 4.79 Å². The van der Waals surface area contributed by atoms with Gasteiger partial charge in [0, 0.05) is 25.6 Å². The average molecular weight is 284 g/mol. The first-order valence-corrected chi connectivity index (χ1v) is 8.67. The Hall–Kier alpha value is -0.570. The van der Waals surface area contributed by atoms with Crippen molar-refractivity contribution in [1.82, 2.24) is 10.6 Å². The van der Waals surface area contributed by atoms with Gasteiger partial charge in [0.1, 0.15) is 0 Å². The first kappa shape index (κ1) is 19.4. The van der Waals surface area contributed by atoms with E-state index in [0.29, 0.717) is 12.5 Å². The molecular weight excluding hydrogens is 248 g/mol. The zero-order valence-electron chi connectivity index (χ0n) is 14.0. The Balaban J connectivity index is 3.15. The van der Waals surface area contributed by atoms with Crippen LogP contribution in [0.25, 0.3) is 0 Å². The van der Waals surface area contributed by atoms with Crippen LogP contribution in [-0.4, -0.2) is 25.0 Å². The second kappa shape index (κ2) is 14.8. The number of amides is 1. The normalized spacial score (nSPS) is 11.0. The van der Waals surface area contributed by atoms with Crippen LogP contribution in [0.1, 0.15) is 85.0 Å². The molecule has 0 radical (unpaired) electrons. The van der Waals surface area contributed by atoms with Gasteiger partial charge >= 0.3 is 0 Å². The van der Waals surface area contributed by atoms with E-state index in [1.807, 2.05) is 0 Å². The van der Waals surface area contributed by atoms with Crippen LogP contribution in [0.2, 0.25) is 0 Å². The number of nitrogens with one attached hydrogen (secondary N) is 2. The van der Waals surface area contributed by atoms with Crippen molar-refractivity contribution < 1.29 is 4.79 Å². The molecule has 0 saturated carbocycles. The van der Waals surface area contributed by atoms with Crippen LogP contribution in [0.4, 0.5) is 0 Å². The maximum atomic E-state index is 11.6. The molecule has 0 aromatic rings. The smallest absolute Gasteiger partial charge is 0.220 e. The molecule has 0 saturated heterocycles. The standard InChI is InChI=1S/C17H36N2O/c1-4-5-6-7-8-9-10-11-12-13-17(20)19-15-14-18-16(2)3/h16,18H,4-15H2,1-3H3,(H,19,20). The molecule has 0 aliphatic rings. The van der Waals surface area contributed by atoms with Gasteiger partial charge in [0.05, 0.1) is 0 Å². The highest BCUT2D eigenvalue weighted by atomic mass is 16.1. The molecule has 3 heteroatoms. The van der Waals surface area contributed by atoms with E-state index in [0.717, 1.165) is 19.5 Å². The summed E-state index contributed by atoms with van der Waals surface area (Å²) in [6, 6.07) is 0.490. The van der Waals surface area contributed by atoms with Gasteiger partial charge in [-0.05, 0) is 6.42 Å². The van der Waals surface area contributed by atoms with Crippen molar-refractivity contribution in [2.75, 3.05) is 13.1 Å². The molecule has 0 atom stereocenters. The topological polar surface area (TPSA) is 41.1 Å². The molecule has 0 aromatic carbocycles. The number of rotatable bonds is 14. The highest BCUT2D eigenvalue weighted by Crippen LogP contribution is 2.10. The molecule has 1 amide bonds. The molecule has 20 heavy (non-hydrogen) atoms. The zero-order chi connectivity index (χ0) is 15.1. The van der Waals surface area contributed by atoms with Crippen LogP contribution in [0.15, 0.2) is 0 Å². The fraction of sp³-hybridized carbons (Fsp3) is 0.941. The number of unbranched alkanes of at least 4 members (excludes halogenated alkanes) is 8. The molecule has 2 N–H and O–H groups in total. The van der Waals surface area contributed by atoms with Gasteiger partial charge in [-0.1, -0.05) is 72.1 Å². The van der Waals surface area contributed by atoms with Crippen molar-refractivity contribution in [3.8, 4) is 0 Å². The summed E-state index contributed by atoms with van der Waals surface area (Å²) in [5, 5.41) is 6.25. The maximum absolute atomic E-state index is 11.6. The predicted molar refractivity (Wildman–Crippen MR) is 88.0 cm³/mol. The third-order valence-corrected chi connectivity index (χ3v) is 3.51. The summed E-state index contributed by atoms with van der Waals surface area (Å²) in [5.74, 6) is 0.207. The lowest BCUT2D eigenvalue weighted by atomic mass is 10.1. The van der Waals surface area contributed by atoms with Gasteiger partial charge in [0.15, 0.2) is 0 Å². The number of carbonyl (C=O) groups excluding carboxylic acids is 1. The Labute approximate surface area is 126 Å². The summed E-state index contributed by atoms with van der Waals surface area (Å²) in [4.78, 5) is 11.6.